The first-order chi connectivity index (χ1) is 29.2. The van der Waals surface area contributed by atoms with Gasteiger partial charge in [0.2, 0.25) is 14.5 Å². The fourth-order valence-electron chi connectivity index (χ4n) is 0.126. The number of ether oxygens (including phenoxy) is 1. The minimum absolute atomic E-state index is 0. The number of aliphatic hydroxyl groups excluding tert-OH is 3. The Bertz CT molecular complexity index is 857. The van der Waals surface area contributed by atoms with Crippen molar-refractivity contribution in [3.63, 3.8) is 0 Å². The number of Topliss-reactive ketones (excluding diaryl/α,β-unsaturated/α-hetero) is 3. The normalized spacial score (nSPS) is 8.64. The van der Waals surface area contributed by atoms with E-state index in [2.05, 4.69) is 122 Å². The fourth-order valence-corrected chi connectivity index (χ4v) is 0.126. The van der Waals surface area contributed by atoms with Crippen LogP contribution in [0.5, 0.6) is 0 Å². The number of carbonyl (C=O) groups excluding carboxylic acids is 3. The molecule has 0 radical (unpaired) electrons. The number of halogens is 19. The standard InChI is InChI=1S/C4H9FO.4C4H8.2C3H8O.3C3H6O.3C2HCl2F3.CH4O.CH4.Cl2.FH.H2/c1-4(2)6-3-5;4*1-4(2)3;5*1-3(2)4;3*3-1(4)2(5,6)7;1-2;;1-2;;/h4H,3H2,1-2H3;4*1H2,2-3H3;2*3-4H,1-2H3;3*1-2H3;3*1H;2H,1H3;1H4;;2*1H. The topological polar surface area (TPSA) is 121 Å². The van der Waals surface area contributed by atoms with E-state index >= 15 is 0 Å². The summed E-state index contributed by atoms with van der Waals surface area (Å²) in [6.45, 7) is 49.0. The van der Waals surface area contributed by atoms with E-state index < -0.39 is 39.9 Å². The third-order valence-corrected chi connectivity index (χ3v) is 2.62. The summed E-state index contributed by atoms with van der Waals surface area (Å²) in [7, 11) is 9.22. The van der Waals surface area contributed by atoms with E-state index in [0.29, 0.717) is 0 Å². The van der Waals surface area contributed by atoms with Gasteiger partial charge in [0.25, 0.3) is 0 Å². The Morgan fingerprint density at radius 1 is 0.464 bits per heavy atom. The molecule has 0 aromatic heterocycles. The first kappa shape index (κ1) is 118. The molecule has 0 amide bonds. The highest BCUT2D eigenvalue weighted by Gasteiger charge is 2.37. The van der Waals surface area contributed by atoms with E-state index in [1.165, 1.54) is 63.8 Å². The Morgan fingerprint density at radius 2 is 0.522 bits per heavy atom. The highest BCUT2D eigenvalue weighted by atomic mass is 36.5. The quantitative estimate of drug-likeness (QED) is 0.143. The van der Waals surface area contributed by atoms with Gasteiger partial charge < -0.3 is 34.4 Å². The molecule has 3 N–H and O–H groups in total. The summed E-state index contributed by atoms with van der Waals surface area (Å²) in [5.74, 6) is 0.500. The minimum Gasteiger partial charge on any atom is -0.400 e. The molecule has 0 heterocycles. The molecule has 0 aromatic rings. The Hall–Kier alpha value is -0.640. The van der Waals surface area contributed by atoms with Crippen molar-refractivity contribution >= 4 is 109 Å². The van der Waals surface area contributed by atoms with E-state index in [4.69, 9.17) is 15.3 Å². The highest BCUT2D eigenvalue weighted by molar-refractivity contribution is 6.85. The van der Waals surface area contributed by atoms with Gasteiger partial charge >= 0.3 is 18.5 Å². The molecule has 7 nitrogen and oxygen atoms in total. The van der Waals surface area contributed by atoms with E-state index in [9.17, 15) is 58.3 Å². The molecule has 436 valence electrons. The third-order valence-electron chi connectivity index (χ3n) is 1.14. The average molecular weight is 1210 g/mol. The van der Waals surface area contributed by atoms with Crippen molar-refractivity contribution in [3.05, 3.63) is 48.6 Å². The second kappa shape index (κ2) is 87.1. The molecule has 0 atom stereocenters. The van der Waals surface area contributed by atoms with Crippen LogP contribution in [0.4, 0.5) is 48.6 Å². The van der Waals surface area contributed by atoms with Crippen LogP contribution in [0.2, 0.25) is 0 Å². The van der Waals surface area contributed by atoms with Crippen molar-refractivity contribution in [2.24, 2.45) is 0 Å². The summed E-state index contributed by atoms with van der Waals surface area (Å²) in [5.41, 5.74) is 4.67. The predicted octanol–water partition coefficient (Wildman–Crippen LogP) is 19.3. The van der Waals surface area contributed by atoms with Crippen molar-refractivity contribution in [1.82, 2.24) is 0 Å². The van der Waals surface area contributed by atoms with Crippen molar-refractivity contribution in [3.8, 4) is 0 Å². The zero-order valence-electron chi connectivity index (χ0n) is 43.2. The van der Waals surface area contributed by atoms with Gasteiger partial charge in [-0.15, -0.1) is 26.3 Å². The molecule has 0 fully saturated rings. The summed E-state index contributed by atoms with van der Waals surface area (Å²) in [4.78, 5) is 21.6. The Labute approximate surface area is 450 Å². The van der Waals surface area contributed by atoms with Crippen LogP contribution in [0, 0.1) is 0 Å². The predicted molar refractivity (Wildman–Crippen MR) is 284 cm³/mol. The van der Waals surface area contributed by atoms with Gasteiger partial charge in [0, 0.05) is 42.5 Å². The lowest BCUT2D eigenvalue weighted by Gasteiger charge is -2.03. The monoisotopic (exact) mass is 1210 g/mol. The van der Waals surface area contributed by atoms with E-state index in [1.807, 2.05) is 55.4 Å². The highest BCUT2D eigenvalue weighted by Crippen LogP contribution is 2.28. The lowest BCUT2D eigenvalue weighted by atomic mass is 10.4. The molecule has 0 bridgehead atoms. The van der Waals surface area contributed by atoms with Crippen LogP contribution in [0.25, 0.3) is 0 Å². The summed E-state index contributed by atoms with van der Waals surface area (Å²) >= 11 is 26.4. The van der Waals surface area contributed by atoms with Crippen LogP contribution in [0.1, 0.15) is 147 Å². The molecular formula is C43H89Cl8F11O7. The van der Waals surface area contributed by atoms with Gasteiger partial charge in [-0.2, -0.15) is 39.5 Å². The molecule has 0 rings (SSSR count). The van der Waals surface area contributed by atoms with Gasteiger partial charge in [0.1, 0.15) is 17.3 Å². The largest absolute Gasteiger partial charge is 0.418 e. The number of carbonyl (C=O) groups is 3. The number of hydrogen-bond donors (Lipinski definition) is 3. The van der Waals surface area contributed by atoms with Gasteiger partial charge in [-0.3, -0.25) is 4.70 Å². The molecule has 0 aliphatic heterocycles. The van der Waals surface area contributed by atoms with Crippen molar-refractivity contribution in [2.75, 3.05) is 14.0 Å². The zero-order valence-corrected chi connectivity index (χ0v) is 49.2. The fraction of sp³-hybridized carbons (Fsp3) is 0.744. The van der Waals surface area contributed by atoms with Crippen LogP contribution in [-0.2, 0) is 19.1 Å². The minimum atomic E-state index is -4.47. The summed E-state index contributed by atoms with van der Waals surface area (Å²) in [6.07, 6.45) is -13.7. The zero-order chi connectivity index (χ0) is 59.4. The maximum absolute atomic E-state index is 11.0. The molecule has 0 aliphatic rings. The number of rotatable bonds is 2. The molecule has 69 heavy (non-hydrogen) atoms. The molecular weight excluding hydrogens is 1120 g/mol. The SMILES string of the molecule is C.C=C(C)C.C=C(C)C.C=C(C)C.C=C(C)C.CC(C)=O.CC(C)=O.CC(C)=O.CC(C)O.CC(C)O.CC(C)OCF.CO.ClCl.F.FC(F)(F)C(Cl)Cl.FC(F)(F)C(Cl)Cl.FC(F)(F)C(Cl)Cl.[HH]. The number of aliphatic hydroxyl groups is 3. The van der Waals surface area contributed by atoms with Crippen LogP contribution in [-0.4, -0.2) is 98.0 Å². The first-order valence-electron chi connectivity index (χ1n) is 18.3. The summed E-state index contributed by atoms with van der Waals surface area (Å²) in [5, 5.41) is 23.1. The van der Waals surface area contributed by atoms with Crippen molar-refractivity contribution in [1.29, 1.82) is 0 Å². The van der Waals surface area contributed by atoms with Gasteiger partial charge in [-0.25, -0.2) is 4.39 Å². The van der Waals surface area contributed by atoms with E-state index in [1.54, 1.807) is 41.5 Å². The lowest BCUT2D eigenvalue weighted by Crippen LogP contribution is -2.16. The van der Waals surface area contributed by atoms with E-state index in [0.717, 1.165) is 7.11 Å². The summed E-state index contributed by atoms with van der Waals surface area (Å²) in [6, 6.07) is 0. The molecule has 26 heteroatoms. The maximum Gasteiger partial charge on any atom is 0.418 e. The lowest BCUT2D eigenvalue weighted by molar-refractivity contribution is -0.116. The number of alkyl halides is 16. The van der Waals surface area contributed by atoms with Crippen LogP contribution >= 0.6 is 91.3 Å². The van der Waals surface area contributed by atoms with Crippen molar-refractivity contribution < 1.29 is 84.5 Å². The maximum atomic E-state index is 11.0. The van der Waals surface area contributed by atoms with Gasteiger partial charge in [-0.1, -0.05) is 99.3 Å². The van der Waals surface area contributed by atoms with E-state index in [-0.39, 0.29) is 49.2 Å². The number of hydrogen-bond acceptors (Lipinski definition) is 7. The molecule has 0 aromatic carbocycles. The Morgan fingerprint density at radius 3 is 0.522 bits per heavy atom. The van der Waals surface area contributed by atoms with Crippen molar-refractivity contribution in [2.45, 2.75) is 197 Å². The van der Waals surface area contributed by atoms with Gasteiger partial charge in [-0.05, 0) is 138 Å². The van der Waals surface area contributed by atoms with Crippen LogP contribution in [0.15, 0.2) is 48.6 Å². The molecule has 0 unspecified atom stereocenters. The average Bonchev–Trinajstić information content (AvgIpc) is 3.00. The molecule has 0 spiro atoms. The van der Waals surface area contributed by atoms with Gasteiger partial charge in [0.05, 0.1) is 6.10 Å². The van der Waals surface area contributed by atoms with Gasteiger partial charge in [0.15, 0.2) is 6.86 Å². The molecule has 0 saturated heterocycles. The second-order valence-corrected chi connectivity index (χ2v) is 16.9. The third kappa shape index (κ3) is 694. The molecule has 0 aliphatic carbocycles. The number of ketones is 3. The number of allylic oxidation sites excluding steroid dienone is 4. The smallest absolute Gasteiger partial charge is 0.400 e. The van der Waals surface area contributed by atoms with Crippen LogP contribution < -0.4 is 0 Å². The summed E-state index contributed by atoms with van der Waals surface area (Å²) < 4.78 is 114. The van der Waals surface area contributed by atoms with Crippen LogP contribution in [0.3, 0.4) is 0 Å². The Kier molecular flexibility index (Phi) is 148. The first-order valence-corrected chi connectivity index (χ1v) is 22.0. The second-order valence-electron chi connectivity index (χ2n) is 13.6. The Balaban J connectivity index is -0.0000000261. The molecule has 0 saturated carbocycles.